The number of halogens is 6. The molecule has 14 heteroatoms. The highest BCUT2D eigenvalue weighted by Crippen LogP contribution is 2.56. The number of rotatable bonds is 12. The summed E-state index contributed by atoms with van der Waals surface area (Å²) in [4.78, 5) is 25.9. The second-order valence-electron chi connectivity index (χ2n) is 14.7. The Bertz CT molecular complexity index is 2770. The summed E-state index contributed by atoms with van der Waals surface area (Å²) in [6, 6.07) is 43.3. The number of carbonyl (C=O) groups excluding carboxylic acids is 2. The Labute approximate surface area is 379 Å². The normalized spacial score (nSPS) is 11.6. The summed E-state index contributed by atoms with van der Waals surface area (Å²) in [6.45, 7) is 5.90. The summed E-state index contributed by atoms with van der Waals surface area (Å²) in [5.41, 5.74) is -1.65. The quantitative estimate of drug-likeness (QED) is 0.0739. The fraction of sp³-hybridized carbons (Fsp3) is 0.154. The average Bonchev–Trinajstić information content (AvgIpc) is 3.28. The number of alkyl halides is 6. The van der Waals surface area contributed by atoms with Crippen LogP contribution in [0, 0.1) is 6.92 Å². The molecule has 7 aromatic carbocycles. The van der Waals surface area contributed by atoms with Crippen molar-refractivity contribution in [1.29, 1.82) is 0 Å². The summed E-state index contributed by atoms with van der Waals surface area (Å²) in [5, 5.41) is 0. The van der Waals surface area contributed by atoms with Gasteiger partial charge in [0.15, 0.2) is 11.6 Å². The highest BCUT2D eigenvalue weighted by atomic mass is 32.2. The predicted octanol–water partition coefficient (Wildman–Crippen LogP) is 13.6. The van der Waals surface area contributed by atoms with E-state index in [1.165, 1.54) is 48.5 Å². The molecule has 0 aliphatic heterocycles. The molecule has 1 N–H and O–H groups in total. The van der Waals surface area contributed by atoms with Gasteiger partial charge in [-0.05, 0) is 108 Å². The van der Waals surface area contributed by atoms with E-state index in [0.29, 0.717) is 28.5 Å². The zero-order valence-corrected chi connectivity index (χ0v) is 36.8. The Morgan fingerprint density at radius 2 is 0.742 bits per heavy atom. The lowest BCUT2D eigenvalue weighted by Gasteiger charge is -2.38. The summed E-state index contributed by atoms with van der Waals surface area (Å²) in [7, 11) is -3.67. The standard InChI is InChI=1S/C49H34F6O4.C2H6.CH4O3S/c1-32-7-11-35(12-8-32)45(56)37-15-23-41(24-16-37)58-43-27-19-39(20-28-43)47(48(50,51)52,49(53,54)55)40-21-29-44(30-22-40)59-42-25-17-38(18-26-42)46(57)36-13-9-34(10-14-36)31-33-5-3-2-4-6-33;1-2;1-5(2,3)4/h2-30H,31H2,1H3;1-2H3;1H3,(H,2,3,4). The molecule has 0 fully saturated rings. The largest absolute Gasteiger partial charge is 0.457 e. The Kier molecular flexibility index (Phi) is 16.1. The molecule has 0 bridgehead atoms. The molecule has 0 aliphatic rings. The van der Waals surface area contributed by atoms with Crippen LogP contribution < -0.4 is 9.47 Å². The van der Waals surface area contributed by atoms with E-state index in [1.54, 1.807) is 24.3 Å². The first kappa shape index (κ1) is 50.0. The maximum atomic E-state index is 14.9. The van der Waals surface area contributed by atoms with Crippen molar-refractivity contribution in [3.8, 4) is 23.0 Å². The Balaban J connectivity index is 0.00000109. The van der Waals surface area contributed by atoms with Gasteiger partial charge in [0.05, 0.1) is 6.26 Å². The zero-order valence-electron chi connectivity index (χ0n) is 36.0. The minimum atomic E-state index is -5.81. The van der Waals surface area contributed by atoms with Crippen molar-refractivity contribution in [2.45, 2.75) is 45.0 Å². The van der Waals surface area contributed by atoms with E-state index < -0.39 is 39.0 Å². The Hall–Kier alpha value is -7.03. The van der Waals surface area contributed by atoms with Gasteiger partial charge in [0.1, 0.15) is 23.0 Å². The van der Waals surface area contributed by atoms with Crippen molar-refractivity contribution in [2.24, 2.45) is 0 Å². The van der Waals surface area contributed by atoms with Gasteiger partial charge in [-0.3, -0.25) is 14.1 Å². The molecule has 7 nitrogen and oxygen atoms in total. The van der Waals surface area contributed by atoms with Crippen LogP contribution >= 0.6 is 0 Å². The summed E-state index contributed by atoms with van der Waals surface area (Å²) < 4.78 is 127. The van der Waals surface area contributed by atoms with Gasteiger partial charge in [0.25, 0.3) is 10.1 Å². The number of carbonyl (C=O) groups is 2. The first-order valence-electron chi connectivity index (χ1n) is 20.3. The van der Waals surface area contributed by atoms with Gasteiger partial charge in [0.2, 0.25) is 5.41 Å². The van der Waals surface area contributed by atoms with E-state index in [0.717, 1.165) is 71.6 Å². The number of ether oxygens (including phenoxy) is 2. The molecule has 0 spiro atoms. The van der Waals surface area contributed by atoms with Crippen LogP contribution in [0.4, 0.5) is 26.3 Å². The molecule has 0 unspecified atom stereocenters. The third-order valence-electron chi connectivity index (χ3n) is 9.91. The van der Waals surface area contributed by atoms with E-state index in [9.17, 15) is 44.3 Å². The molecule has 0 aliphatic carbocycles. The third kappa shape index (κ3) is 12.6. The van der Waals surface area contributed by atoms with Crippen molar-refractivity contribution >= 4 is 21.7 Å². The molecule has 0 aromatic heterocycles. The number of benzene rings is 7. The van der Waals surface area contributed by atoms with Crippen LogP contribution in [-0.4, -0.2) is 43.1 Å². The fourth-order valence-corrected chi connectivity index (χ4v) is 6.79. The van der Waals surface area contributed by atoms with E-state index in [2.05, 4.69) is 0 Å². The third-order valence-corrected chi connectivity index (χ3v) is 9.91. The van der Waals surface area contributed by atoms with Crippen LogP contribution in [0.15, 0.2) is 176 Å². The number of hydrogen-bond donors (Lipinski definition) is 1. The van der Waals surface area contributed by atoms with Crippen LogP contribution in [0.25, 0.3) is 0 Å². The molecular weight excluding hydrogens is 883 g/mol. The lowest BCUT2D eigenvalue weighted by Crippen LogP contribution is -2.54. The van der Waals surface area contributed by atoms with E-state index in [-0.39, 0.29) is 34.6 Å². The Morgan fingerprint density at radius 1 is 0.470 bits per heavy atom. The molecule has 342 valence electrons. The highest BCUT2D eigenvalue weighted by molar-refractivity contribution is 7.85. The van der Waals surface area contributed by atoms with Crippen LogP contribution in [0.1, 0.15) is 73.5 Å². The molecular formula is C52H44F6O7S. The number of hydrogen-bond acceptors (Lipinski definition) is 6. The number of ketones is 2. The first-order chi connectivity index (χ1) is 31.2. The van der Waals surface area contributed by atoms with Gasteiger partial charge in [-0.1, -0.05) is 123 Å². The van der Waals surface area contributed by atoms with Gasteiger partial charge in [-0.2, -0.15) is 34.8 Å². The Morgan fingerprint density at radius 3 is 1.06 bits per heavy atom. The maximum Gasteiger partial charge on any atom is 0.411 e. The highest BCUT2D eigenvalue weighted by Gasteiger charge is 2.72. The molecule has 0 amide bonds. The van der Waals surface area contributed by atoms with Gasteiger partial charge in [-0.15, -0.1) is 0 Å². The molecule has 0 radical (unpaired) electrons. The fourth-order valence-electron chi connectivity index (χ4n) is 6.79. The zero-order chi connectivity index (χ0) is 48.3. The van der Waals surface area contributed by atoms with Crippen molar-refractivity contribution in [2.75, 3.05) is 6.26 Å². The van der Waals surface area contributed by atoms with E-state index in [4.69, 9.17) is 14.0 Å². The maximum absolute atomic E-state index is 14.9. The first-order valence-corrected chi connectivity index (χ1v) is 22.2. The topological polar surface area (TPSA) is 107 Å². The summed E-state index contributed by atoms with van der Waals surface area (Å²) in [5.74, 6) is -0.0573. The van der Waals surface area contributed by atoms with Crippen LogP contribution in [0.3, 0.4) is 0 Å². The average molecular weight is 927 g/mol. The monoisotopic (exact) mass is 926 g/mol. The lowest BCUT2D eigenvalue weighted by molar-refractivity contribution is -0.288. The second kappa shape index (κ2) is 21.3. The van der Waals surface area contributed by atoms with Crippen LogP contribution in [0.5, 0.6) is 23.0 Å². The van der Waals surface area contributed by atoms with E-state index in [1.807, 2.05) is 75.4 Å². The minimum absolute atomic E-state index is 0.0159. The predicted molar refractivity (Wildman–Crippen MR) is 241 cm³/mol. The molecule has 7 aromatic rings. The van der Waals surface area contributed by atoms with Crippen LogP contribution in [0.2, 0.25) is 0 Å². The smallest absolute Gasteiger partial charge is 0.411 e. The second-order valence-corrected chi connectivity index (χ2v) is 16.1. The van der Waals surface area contributed by atoms with Crippen molar-refractivity contribution in [3.05, 3.63) is 226 Å². The lowest BCUT2D eigenvalue weighted by atomic mass is 9.73. The summed E-state index contributed by atoms with van der Waals surface area (Å²) in [6.07, 6.45) is -10.2. The number of aryl methyl sites for hydroxylation is 1. The molecule has 0 saturated carbocycles. The summed E-state index contributed by atoms with van der Waals surface area (Å²) >= 11 is 0. The molecule has 66 heavy (non-hydrogen) atoms. The van der Waals surface area contributed by atoms with Crippen LogP contribution in [-0.2, 0) is 22.0 Å². The van der Waals surface area contributed by atoms with Crippen molar-refractivity contribution in [3.63, 3.8) is 0 Å². The molecule has 0 saturated heterocycles. The van der Waals surface area contributed by atoms with Crippen molar-refractivity contribution < 1.29 is 58.4 Å². The molecule has 7 rings (SSSR count). The SMILES string of the molecule is CC.CS(=O)(=O)O.Cc1ccc(C(=O)c2ccc(Oc3ccc(C(c4ccc(Oc5ccc(C(=O)c6ccc(Cc7ccccc7)cc6)cc5)cc4)(C(F)(F)F)C(F)(F)F)cc3)cc2)cc1. The van der Waals surface area contributed by atoms with Gasteiger partial charge in [0, 0.05) is 22.3 Å². The molecule has 0 heterocycles. The van der Waals surface area contributed by atoms with Gasteiger partial charge < -0.3 is 9.47 Å². The van der Waals surface area contributed by atoms with Gasteiger partial charge >= 0.3 is 12.4 Å². The van der Waals surface area contributed by atoms with Gasteiger partial charge in [-0.25, -0.2) is 0 Å². The minimum Gasteiger partial charge on any atom is -0.457 e. The molecule has 0 atom stereocenters. The van der Waals surface area contributed by atoms with Crippen molar-refractivity contribution in [1.82, 2.24) is 0 Å². The van der Waals surface area contributed by atoms with E-state index >= 15 is 0 Å².